The van der Waals surface area contributed by atoms with Gasteiger partial charge in [0.1, 0.15) is 30.2 Å². The van der Waals surface area contributed by atoms with Gasteiger partial charge in [-0.25, -0.2) is 0 Å². The molecule has 5 heteroatoms. The van der Waals surface area contributed by atoms with Gasteiger partial charge >= 0.3 is 0 Å². The number of ether oxygens (including phenoxy) is 2. The molecular weight excluding hydrogens is 344 g/mol. The average Bonchev–Trinajstić information content (AvgIpc) is 3.46. The lowest BCUT2D eigenvalue weighted by Crippen LogP contribution is -2.55. The van der Waals surface area contributed by atoms with E-state index in [1.165, 1.54) is 0 Å². The molecule has 0 bridgehead atoms. The van der Waals surface area contributed by atoms with E-state index < -0.39 is 30.0 Å². The van der Waals surface area contributed by atoms with Crippen LogP contribution < -0.4 is 4.74 Å². The van der Waals surface area contributed by atoms with E-state index in [0.29, 0.717) is 19.4 Å². The van der Waals surface area contributed by atoms with Crippen LogP contribution in [0.25, 0.3) is 0 Å². The first-order valence-electron chi connectivity index (χ1n) is 9.55. The molecule has 1 aliphatic heterocycles. The van der Waals surface area contributed by atoms with Crippen LogP contribution in [0.4, 0.5) is 0 Å². The molecule has 4 rings (SSSR count). The highest BCUT2D eigenvalue weighted by Crippen LogP contribution is 2.51. The second-order valence-corrected chi connectivity index (χ2v) is 7.53. The maximum atomic E-state index is 10.4. The number of hydrogen-bond acceptors (Lipinski definition) is 5. The molecule has 1 saturated carbocycles. The Morgan fingerprint density at radius 1 is 1.00 bits per heavy atom. The number of aliphatic hydroxyl groups excluding tert-OH is 3. The summed E-state index contributed by atoms with van der Waals surface area (Å²) in [6, 6.07) is 15.9. The molecule has 1 heterocycles. The monoisotopic (exact) mass is 370 g/mol. The van der Waals surface area contributed by atoms with Crippen LogP contribution in [0.3, 0.4) is 0 Å². The Balaban J connectivity index is 1.52. The van der Waals surface area contributed by atoms with Gasteiger partial charge in [-0.05, 0) is 55.0 Å². The maximum Gasteiger partial charge on any atom is 0.119 e. The summed E-state index contributed by atoms with van der Waals surface area (Å²) in [5.74, 6) is 0.857. The molecule has 0 aromatic heterocycles. The normalized spacial score (nSPS) is 28.9. The molecule has 0 amide bonds. The fourth-order valence-electron chi connectivity index (χ4n) is 3.86. The van der Waals surface area contributed by atoms with Crippen molar-refractivity contribution in [1.82, 2.24) is 0 Å². The van der Waals surface area contributed by atoms with Crippen LogP contribution in [0, 0.1) is 0 Å². The summed E-state index contributed by atoms with van der Waals surface area (Å²) in [6.45, 7) is 2.61. The Kier molecular flexibility index (Phi) is 4.95. The van der Waals surface area contributed by atoms with Gasteiger partial charge in [-0.15, -0.1) is 0 Å². The number of aliphatic hydroxyl groups is 3. The van der Waals surface area contributed by atoms with Crippen LogP contribution in [-0.2, 0) is 11.2 Å². The van der Waals surface area contributed by atoms with Crippen molar-refractivity contribution in [3.8, 4) is 5.75 Å². The zero-order chi connectivity index (χ0) is 19.0. The zero-order valence-corrected chi connectivity index (χ0v) is 15.4. The Labute approximate surface area is 159 Å². The maximum absolute atomic E-state index is 10.4. The highest BCUT2D eigenvalue weighted by Gasteiger charge is 2.60. The van der Waals surface area contributed by atoms with Crippen molar-refractivity contribution in [1.29, 1.82) is 0 Å². The van der Waals surface area contributed by atoms with Gasteiger partial charge < -0.3 is 24.8 Å². The van der Waals surface area contributed by atoms with Crippen molar-refractivity contribution in [3.05, 3.63) is 65.2 Å². The predicted molar refractivity (Wildman–Crippen MR) is 101 cm³/mol. The highest BCUT2D eigenvalue weighted by molar-refractivity contribution is 5.34. The summed E-state index contributed by atoms with van der Waals surface area (Å²) in [5.41, 5.74) is 2.38. The van der Waals surface area contributed by atoms with E-state index >= 15 is 0 Å². The minimum absolute atomic E-state index is 0.633. The Bertz CT molecular complexity index is 784. The molecule has 1 saturated heterocycles. The molecule has 2 unspecified atom stereocenters. The number of rotatable bonds is 5. The van der Waals surface area contributed by atoms with Gasteiger partial charge in [0.25, 0.3) is 0 Å². The van der Waals surface area contributed by atoms with Crippen molar-refractivity contribution < 1.29 is 24.8 Å². The Hall–Kier alpha value is -1.92. The lowest BCUT2D eigenvalue weighted by atomic mass is 9.89. The van der Waals surface area contributed by atoms with Gasteiger partial charge in [0.2, 0.25) is 0 Å². The molecule has 3 N–H and O–H groups in total. The lowest BCUT2D eigenvalue weighted by Gasteiger charge is -2.41. The van der Waals surface area contributed by atoms with E-state index in [9.17, 15) is 15.3 Å². The molecule has 1 spiro atoms. The molecule has 2 fully saturated rings. The third-order valence-electron chi connectivity index (χ3n) is 5.55. The standard InChI is InChI=1S/C22H26O5/c1-2-26-17-8-6-14(7-9-17)12-15-4-3-5-16(13-15)20-18(23)19(24)21(25)22(27-20)10-11-22/h3-9,13,18-21,23-25H,2,10-12H2,1H3/t18?,19-,20?,21+/m1/s1. The van der Waals surface area contributed by atoms with Crippen molar-refractivity contribution in [2.75, 3.05) is 6.61 Å². The van der Waals surface area contributed by atoms with Gasteiger partial charge in [-0.1, -0.05) is 36.4 Å². The van der Waals surface area contributed by atoms with Crippen LogP contribution >= 0.6 is 0 Å². The zero-order valence-electron chi connectivity index (χ0n) is 15.4. The third kappa shape index (κ3) is 3.60. The van der Waals surface area contributed by atoms with Crippen molar-refractivity contribution in [2.24, 2.45) is 0 Å². The van der Waals surface area contributed by atoms with Crippen LogP contribution in [-0.4, -0.2) is 45.8 Å². The minimum atomic E-state index is -1.19. The summed E-state index contributed by atoms with van der Waals surface area (Å²) < 4.78 is 11.5. The molecule has 144 valence electrons. The van der Waals surface area contributed by atoms with Crippen molar-refractivity contribution in [3.63, 3.8) is 0 Å². The Morgan fingerprint density at radius 2 is 1.74 bits per heavy atom. The van der Waals surface area contributed by atoms with E-state index in [1.54, 1.807) is 0 Å². The van der Waals surface area contributed by atoms with Gasteiger partial charge in [0.15, 0.2) is 0 Å². The van der Waals surface area contributed by atoms with Crippen LogP contribution in [0.2, 0.25) is 0 Å². The molecule has 1 aliphatic carbocycles. The van der Waals surface area contributed by atoms with E-state index in [0.717, 1.165) is 28.9 Å². The van der Waals surface area contributed by atoms with Crippen LogP contribution in [0.1, 0.15) is 42.6 Å². The van der Waals surface area contributed by atoms with Gasteiger partial charge in [0.05, 0.1) is 12.2 Å². The molecule has 4 atom stereocenters. The van der Waals surface area contributed by atoms with Gasteiger partial charge in [0, 0.05) is 0 Å². The second kappa shape index (κ2) is 7.24. The molecule has 2 aromatic carbocycles. The molecule has 2 aliphatic rings. The summed E-state index contributed by atoms with van der Waals surface area (Å²) in [4.78, 5) is 0. The van der Waals surface area contributed by atoms with Crippen LogP contribution in [0.5, 0.6) is 5.75 Å². The fraction of sp³-hybridized carbons (Fsp3) is 0.455. The quantitative estimate of drug-likeness (QED) is 0.753. The largest absolute Gasteiger partial charge is 0.494 e. The first-order chi connectivity index (χ1) is 13.0. The fourth-order valence-corrected chi connectivity index (χ4v) is 3.86. The third-order valence-corrected chi connectivity index (χ3v) is 5.55. The lowest BCUT2D eigenvalue weighted by molar-refractivity contribution is -0.236. The second-order valence-electron chi connectivity index (χ2n) is 7.53. The summed E-state index contributed by atoms with van der Waals surface area (Å²) in [5, 5.41) is 30.8. The molecule has 0 radical (unpaired) electrons. The summed E-state index contributed by atoms with van der Waals surface area (Å²) in [6.07, 6.45) is -1.84. The van der Waals surface area contributed by atoms with E-state index in [1.807, 2.05) is 55.5 Å². The topological polar surface area (TPSA) is 79.2 Å². The SMILES string of the molecule is CCOc1ccc(Cc2cccc(C3OC4(CC4)[C@@H](O)[C@H](O)C3O)c2)cc1. The Morgan fingerprint density at radius 3 is 2.41 bits per heavy atom. The first kappa shape index (κ1) is 18.4. The average molecular weight is 370 g/mol. The van der Waals surface area contributed by atoms with E-state index in [-0.39, 0.29) is 0 Å². The first-order valence-corrected chi connectivity index (χ1v) is 9.55. The summed E-state index contributed by atoms with van der Waals surface area (Å²) >= 11 is 0. The number of hydrogen-bond donors (Lipinski definition) is 3. The van der Waals surface area contributed by atoms with Crippen molar-refractivity contribution >= 4 is 0 Å². The highest BCUT2D eigenvalue weighted by atomic mass is 16.6. The number of benzene rings is 2. The molecule has 5 nitrogen and oxygen atoms in total. The minimum Gasteiger partial charge on any atom is -0.494 e. The van der Waals surface area contributed by atoms with Crippen LogP contribution in [0.15, 0.2) is 48.5 Å². The van der Waals surface area contributed by atoms with E-state index in [4.69, 9.17) is 9.47 Å². The predicted octanol–water partition coefficient (Wildman–Crippen LogP) is 2.36. The van der Waals surface area contributed by atoms with Gasteiger partial charge in [-0.3, -0.25) is 0 Å². The smallest absolute Gasteiger partial charge is 0.119 e. The van der Waals surface area contributed by atoms with Crippen molar-refractivity contribution in [2.45, 2.75) is 56.2 Å². The molecular formula is C22H26O5. The molecule has 27 heavy (non-hydrogen) atoms. The van der Waals surface area contributed by atoms with Gasteiger partial charge in [-0.2, -0.15) is 0 Å². The molecule has 2 aromatic rings. The summed E-state index contributed by atoms with van der Waals surface area (Å²) in [7, 11) is 0. The van der Waals surface area contributed by atoms with E-state index in [2.05, 4.69) is 0 Å².